The summed E-state index contributed by atoms with van der Waals surface area (Å²) >= 11 is 0. The van der Waals surface area contributed by atoms with Gasteiger partial charge in [0.15, 0.2) is 0 Å². The number of ether oxygens (including phenoxy) is 1. The highest BCUT2D eigenvalue weighted by molar-refractivity contribution is 5.94. The molecular formula is C21H26N2O2. The maximum absolute atomic E-state index is 12.7. The second-order valence-electron chi connectivity index (χ2n) is 6.80. The van der Waals surface area contributed by atoms with E-state index in [1.807, 2.05) is 53.4 Å². The lowest BCUT2D eigenvalue weighted by molar-refractivity contribution is 0.0683. The zero-order valence-electron chi connectivity index (χ0n) is 14.8. The van der Waals surface area contributed by atoms with Gasteiger partial charge in [-0.1, -0.05) is 37.3 Å². The molecule has 1 atom stereocenters. The van der Waals surface area contributed by atoms with Crippen molar-refractivity contribution in [3.8, 4) is 5.75 Å². The number of nitrogens with zero attached hydrogens (tertiary/aromatic N) is 1. The standard InChI is InChI=1S/C21H26N2O2/c1-16-6-5-11-23(14-16)21(24)18-9-10-20(19(12-18)13-22)25-15-17-7-3-2-4-8-17/h2-4,7-10,12,16H,5-6,11,13-15,22H2,1H3. The molecule has 0 aromatic heterocycles. The fourth-order valence-electron chi connectivity index (χ4n) is 3.30. The number of benzene rings is 2. The van der Waals surface area contributed by atoms with Crippen molar-refractivity contribution in [1.82, 2.24) is 4.90 Å². The minimum Gasteiger partial charge on any atom is -0.489 e. The monoisotopic (exact) mass is 338 g/mol. The van der Waals surface area contributed by atoms with E-state index in [0.717, 1.165) is 36.4 Å². The molecule has 2 aromatic carbocycles. The summed E-state index contributed by atoms with van der Waals surface area (Å²) < 4.78 is 5.91. The number of carbonyl (C=O) groups excluding carboxylic acids is 1. The molecule has 0 bridgehead atoms. The van der Waals surface area contributed by atoms with E-state index in [0.29, 0.717) is 24.6 Å². The molecular weight excluding hydrogens is 312 g/mol. The van der Waals surface area contributed by atoms with Crippen LogP contribution in [-0.2, 0) is 13.2 Å². The van der Waals surface area contributed by atoms with Gasteiger partial charge < -0.3 is 15.4 Å². The Labute approximate surface area is 149 Å². The Kier molecular flexibility index (Phi) is 5.71. The normalized spacial score (nSPS) is 17.4. The van der Waals surface area contributed by atoms with E-state index in [-0.39, 0.29) is 5.91 Å². The molecule has 0 aliphatic carbocycles. The Morgan fingerprint density at radius 1 is 1.24 bits per heavy atom. The molecule has 1 amide bonds. The first kappa shape index (κ1) is 17.5. The summed E-state index contributed by atoms with van der Waals surface area (Å²) in [6.45, 7) is 4.72. The van der Waals surface area contributed by atoms with Crippen LogP contribution < -0.4 is 10.5 Å². The van der Waals surface area contributed by atoms with Crippen LogP contribution in [0.3, 0.4) is 0 Å². The van der Waals surface area contributed by atoms with E-state index in [9.17, 15) is 4.79 Å². The van der Waals surface area contributed by atoms with Crippen LogP contribution in [0.1, 0.15) is 41.3 Å². The number of likely N-dealkylation sites (tertiary alicyclic amines) is 1. The molecule has 4 nitrogen and oxygen atoms in total. The third-order valence-electron chi connectivity index (χ3n) is 4.71. The summed E-state index contributed by atoms with van der Waals surface area (Å²) in [4.78, 5) is 14.7. The van der Waals surface area contributed by atoms with Gasteiger partial charge in [-0.25, -0.2) is 0 Å². The van der Waals surface area contributed by atoms with Crippen molar-refractivity contribution in [3.05, 3.63) is 65.2 Å². The Bertz CT molecular complexity index is 715. The summed E-state index contributed by atoms with van der Waals surface area (Å²) in [5, 5.41) is 0. The van der Waals surface area contributed by atoms with Crippen LogP contribution in [0.2, 0.25) is 0 Å². The fourth-order valence-corrected chi connectivity index (χ4v) is 3.30. The molecule has 1 saturated heterocycles. The Morgan fingerprint density at radius 2 is 2.04 bits per heavy atom. The molecule has 2 N–H and O–H groups in total. The number of rotatable bonds is 5. The highest BCUT2D eigenvalue weighted by Gasteiger charge is 2.22. The number of hydrogen-bond donors (Lipinski definition) is 1. The van der Waals surface area contributed by atoms with Crippen LogP contribution in [0.4, 0.5) is 0 Å². The quantitative estimate of drug-likeness (QED) is 0.906. The Balaban J connectivity index is 1.71. The average molecular weight is 338 g/mol. The van der Waals surface area contributed by atoms with Gasteiger partial charge in [-0.05, 0) is 42.5 Å². The third kappa shape index (κ3) is 4.40. The predicted octanol–water partition coefficient (Wildman–Crippen LogP) is 3.60. The molecule has 1 heterocycles. The Hall–Kier alpha value is -2.33. The lowest BCUT2D eigenvalue weighted by Crippen LogP contribution is -2.39. The second kappa shape index (κ2) is 8.17. The van der Waals surface area contributed by atoms with Crippen LogP contribution in [0.15, 0.2) is 48.5 Å². The van der Waals surface area contributed by atoms with Crippen LogP contribution in [0, 0.1) is 5.92 Å². The summed E-state index contributed by atoms with van der Waals surface area (Å²) in [6, 6.07) is 15.6. The van der Waals surface area contributed by atoms with Gasteiger partial charge in [0.1, 0.15) is 12.4 Å². The molecule has 0 spiro atoms. The maximum Gasteiger partial charge on any atom is 0.253 e. The fraction of sp³-hybridized carbons (Fsp3) is 0.381. The van der Waals surface area contributed by atoms with Gasteiger partial charge in [-0.15, -0.1) is 0 Å². The van der Waals surface area contributed by atoms with Crippen molar-refractivity contribution < 1.29 is 9.53 Å². The first-order valence-corrected chi connectivity index (χ1v) is 8.96. The van der Waals surface area contributed by atoms with Gasteiger partial charge in [0.25, 0.3) is 5.91 Å². The largest absolute Gasteiger partial charge is 0.489 e. The van der Waals surface area contributed by atoms with Gasteiger partial charge in [-0.2, -0.15) is 0 Å². The van der Waals surface area contributed by atoms with E-state index in [1.165, 1.54) is 6.42 Å². The van der Waals surface area contributed by atoms with E-state index in [4.69, 9.17) is 10.5 Å². The molecule has 132 valence electrons. The van der Waals surface area contributed by atoms with Crippen molar-refractivity contribution in [3.63, 3.8) is 0 Å². The zero-order chi connectivity index (χ0) is 17.6. The topological polar surface area (TPSA) is 55.6 Å². The van der Waals surface area contributed by atoms with Gasteiger partial charge in [0.05, 0.1) is 0 Å². The van der Waals surface area contributed by atoms with E-state index < -0.39 is 0 Å². The molecule has 1 unspecified atom stereocenters. The molecule has 1 fully saturated rings. The van der Waals surface area contributed by atoms with Gasteiger partial charge in [0, 0.05) is 30.8 Å². The first-order chi connectivity index (χ1) is 12.2. The van der Waals surface area contributed by atoms with Crippen molar-refractivity contribution in [2.24, 2.45) is 11.7 Å². The smallest absolute Gasteiger partial charge is 0.253 e. The predicted molar refractivity (Wildman–Crippen MR) is 99.4 cm³/mol. The highest BCUT2D eigenvalue weighted by Crippen LogP contribution is 2.24. The van der Waals surface area contributed by atoms with E-state index in [2.05, 4.69) is 6.92 Å². The lowest BCUT2D eigenvalue weighted by atomic mass is 9.99. The van der Waals surface area contributed by atoms with Crippen LogP contribution >= 0.6 is 0 Å². The van der Waals surface area contributed by atoms with E-state index in [1.54, 1.807) is 0 Å². The summed E-state index contributed by atoms with van der Waals surface area (Å²) in [7, 11) is 0. The minimum absolute atomic E-state index is 0.0934. The molecule has 2 aromatic rings. The third-order valence-corrected chi connectivity index (χ3v) is 4.71. The number of piperidine rings is 1. The molecule has 0 radical (unpaired) electrons. The Morgan fingerprint density at radius 3 is 2.76 bits per heavy atom. The number of nitrogens with two attached hydrogens (primary N) is 1. The van der Waals surface area contributed by atoms with Crippen LogP contribution in [-0.4, -0.2) is 23.9 Å². The number of amides is 1. The van der Waals surface area contributed by atoms with Crippen molar-refractivity contribution in [2.45, 2.75) is 32.9 Å². The summed E-state index contributed by atoms with van der Waals surface area (Å²) in [5.74, 6) is 1.41. The van der Waals surface area contributed by atoms with Crippen molar-refractivity contribution in [1.29, 1.82) is 0 Å². The SMILES string of the molecule is CC1CCCN(C(=O)c2ccc(OCc3ccccc3)c(CN)c2)C1. The average Bonchev–Trinajstić information content (AvgIpc) is 2.66. The van der Waals surface area contributed by atoms with Gasteiger partial charge in [0.2, 0.25) is 0 Å². The van der Waals surface area contributed by atoms with Crippen LogP contribution in [0.5, 0.6) is 5.75 Å². The summed E-state index contributed by atoms with van der Waals surface area (Å²) in [5.41, 5.74) is 8.55. The van der Waals surface area contributed by atoms with E-state index >= 15 is 0 Å². The molecule has 25 heavy (non-hydrogen) atoms. The van der Waals surface area contributed by atoms with Crippen LogP contribution in [0.25, 0.3) is 0 Å². The van der Waals surface area contributed by atoms with Gasteiger partial charge in [-0.3, -0.25) is 4.79 Å². The maximum atomic E-state index is 12.7. The first-order valence-electron chi connectivity index (χ1n) is 8.96. The minimum atomic E-state index is 0.0934. The molecule has 4 heteroatoms. The number of hydrogen-bond acceptors (Lipinski definition) is 3. The highest BCUT2D eigenvalue weighted by atomic mass is 16.5. The van der Waals surface area contributed by atoms with Gasteiger partial charge >= 0.3 is 0 Å². The van der Waals surface area contributed by atoms with Crippen molar-refractivity contribution in [2.75, 3.05) is 13.1 Å². The second-order valence-corrected chi connectivity index (χ2v) is 6.80. The number of carbonyl (C=O) groups is 1. The molecule has 1 aliphatic heterocycles. The molecule has 0 saturated carbocycles. The summed E-state index contributed by atoms with van der Waals surface area (Å²) in [6.07, 6.45) is 2.28. The zero-order valence-corrected chi connectivity index (χ0v) is 14.8. The molecule has 1 aliphatic rings. The van der Waals surface area contributed by atoms with Crippen molar-refractivity contribution >= 4 is 5.91 Å². The lowest BCUT2D eigenvalue weighted by Gasteiger charge is -2.31. The molecule has 3 rings (SSSR count).